The summed E-state index contributed by atoms with van der Waals surface area (Å²) in [4.78, 5) is 0. The zero-order valence-electron chi connectivity index (χ0n) is 6.89. The van der Waals surface area contributed by atoms with Gasteiger partial charge < -0.3 is 5.11 Å². The summed E-state index contributed by atoms with van der Waals surface area (Å²) in [6.45, 7) is 0. The van der Waals surface area contributed by atoms with E-state index >= 15 is 0 Å². The minimum atomic E-state index is 0.0303. The lowest BCUT2D eigenvalue weighted by Crippen LogP contribution is -1.78. The predicted molar refractivity (Wildman–Crippen MR) is 60.6 cm³/mol. The van der Waals surface area contributed by atoms with Crippen molar-refractivity contribution in [2.24, 2.45) is 0 Å². The number of aromatic hydroxyl groups is 1. The first kappa shape index (κ1) is 9.91. The van der Waals surface area contributed by atoms with Crippen LogP contribution in [-0.2, 0) is 0 Å². The number of fused-ring (bicyclic) bond motifs is 1. The maximum atomic E-state index is 9.64. The third-order valence-electron chi connectivity index (χ3n) is 1.97. The zero-order valence-corrected chi connectivity index (χ0v) is 9.16. The van der Waals surface area contributed by atoms with E-state index in [1.54, 1.807) is 18.2 Å². The van der Waals surface area contributed by atoms with Crippen molar-refractivity contribution in [3.8, 4) is 5.75 Å². The second-order valence-corrected chi connectivity index (χ2v) is 4.13. The van der Waals surface area contributed by atoms with Crippen LogP contribution in [0.1, 0.15) is 0 Å². The number of rotatable bonds is 0. The molecular formula is C10H5Cl3O. The van der Waals surface area contributed by atoms with Gasteiger partial charge in [0.1, 0.15) is 5.75 Å². The predicted octanol–water partition coefficient (Wildman–Crippen LogP) is 4.51. The van der Waals surface area contributed by atoms with E-state index in [-0.39, 0.29) is 10.8 Å². The molecule has 0 aliphatic carbocycles. The molecule has 1 N–H and O–H groups in total. The highest BCUT2D eigenvalue weighted by molar-refractivity contribution is 6.40. The molecule has 0 aliphatic heterocycles. The molecule has 2 aromatic rings. The first-order valence-corrected chi connectivity index (χ1v) is 4.99. The molecule has 0 radical (unpaired) electrons. The number of halogens is 3. The molecule has 0 spiro atoms. The molecule has 14 heavy (non-hydrogen) atoms. The average Bonchev–Trinajstić information content (AvgIpc) is 2.14. The van der Waals surface area contributed by atoms with Crippen molar-refractivity contribution in [1.29, 1.82) is 0 Å². The van der Waals surface area contributed by atoms with Gasteiger partial charge >= 0.3 is 0 Å². The Labute approximate surface area is 95.8 Å². The van der Waals surface area contributed by atoms with E-state index < -0.39 is 0 Å². The van der Waals surface area contributed by atoms with Crippen LogP contribution in [-0.4, -0.2) is 5.11 Å². The second-order valence-electron chi connectivity index (χ2n) is 2.88. The molecule has 2 rings (SSSR count). The Balaban J connectivity index is 2.94. The van der Waals surface area contributed by atoms with Crippen molar-refractivity contribution >= 4 is 45.6 Å². The number of hydrogen-bond acceptors (Lipinski definition) is 1. The van der Waals surface area contributed by atoms with Crippen molar-refractivity contribution in [1.82, 2.24) is 0 Å². The summed E-state index contributed by atoms with van der Waals surface area (Å²) in [5.41, 5.74) is 0. The van der Waals surface area contributed by atoms with Crippen molar-refractivity contribution in [3.05, 3.63) is 39.3 Å². The summed E-state index contributed by atoms with van der Waals surface area (Å²) in [6.07, 6.45) is 0. The van der Waals surface area contributed by atoms with E-state index in [1.165, 1.54) is 6.07 Å². The topological polar surface area (TPSA) is 20.2 Å². The molecule has 0 aromatic heterocycles. The molecule has 2 aromatic carbocycles. The van der Waals surface area contributed by atoms with Crippen LogP contribution in [0.5, 0.6) is 5.75 Å². The maximum absolute atomic E-state index is 9.64. The standard InChI is InChI=1S/C10H5Cl3O/c11-5-1-2-6-7(3-5)8(12)4-9(13)10(6)14/h1-4,14H. The van der Waals surface area contributed by atoms with Gasteiger partial charge in [0.05, 0.1) is 10.0 Å². The van der Waals surface area contributed by atoms with E-state index in [4.69, 9.17) is 34.8 Å². The van der Waals surface area contributed by atoms with Gasteiger partial charge in [-0.25, -0.2) is 0 Å². The minimum absolute atomic E-state index is 0.0303. The highest BCUT2D eigenvalue weighted by Crippen LogP contribution is 2.38. The maximum Gasteiger partial charge on any atom is 0.142 e. The summed E-state index contributed by atoms with van der Waals surface area (Å²) < 4.78 is 0. The van der Waals surface area contributed by atoms with Gasteiger partial charge in [-0.2, -0.15) is 0 Å². The molecule has 0 saturated carbocycles. The fourth-order valence-corrected chi connectivity index (χ4v) is 2.01. The first-order chi connectivity index (χ1) is 6.59. The third-order valence-corrected chi connectivity index (χ3v) is 2.81. The van der Waals surface area contributed by atoms with Crippen LogP contribution in [0.3, 0.4) is 0 Å². The van der Waals surface area contributed by atoms with Crippen LogP contribution < -0.4 is 0 Å². The number of hydrogen-bond donors (Lipinski definition) is 1. The zero-order chi connectivity index (χ0) is 10.3. The van der Waals surface area contributed by atoms with Crippen molar-refractivity contribution in [2.75, 3.05) is 0 Å². The smallest absolute Gasteiger partial charge is 0.142 e. The normalized spacial score (nSPS) is 10.8. The molecule has 0 unspecified atom stereocenters. The number of phenols is 1. The summed E-state index contributed by atoms with van der Waals surface area (Å²) in [5.74, 6) is 0.0303. The lowest BCUT2D eigenvalue weighted by atomic mass is 10.1. The van der Waals surface area contributed by atoms with Crippen LogP contribution in [0, 0.1) is 0 Å². The Bertz CT molecular complexity index is 508. The van der Waals surface area contributed by atoms with Gasteiger partial charge in [0.25, 0.3) is 0 Å². The van der Waals surface area contributed by atoms with Gasteiger partial charge in [-0.15, -0.1) is 0 Å². The highest BCUT2D eigenvalue weighted by Gasteiger charge is 2.08. The third kappa shape index (κ3) is 1.52. The monoisotopic (exact) mass is 246 g/mol. The Morgan fingerprint density at radius 2 is 1.57 bits per heavy atom. The lowest BCUT2D eigenvalue weighted by molar-refractivity contribution is 0.482. The van der Waals surface area contributed by atoms with Gasteiger partial charge in [0.2, 0.25) is 0 Å². The Kier molecular flexibility index (Phi) is 2.48. The molecule has 0 atom stereocenters. The molecule has 0 heterocycles. The van der Waals surface area contributed by atoms with Crippen molar-refractivity contribution in [3.63, 3.8) is 0 Å². The second kappa shape index (κ2) is 3.50. The van der Waals surface area contributed by atoms with Crippen LogP contribution >= 0.6 is 34.8 Å². The summed E-state index contributed by atoms with van der Waals surface area (Å²) in [7, 11) is 0. The van der Waals surface area contributed by atoms with Crippen molar-refractivity contribution in [2.45, 2.75) is 0 Å². The Morgan fingerprint density at radius 1 is 0.857 bits per heavy atom. The van der Waals surface area contributed by atoms with E-state index in [0.717, 1.165) is 0 Å². The summed E-state index contributed by atoms with van der Waals surface area (Å²) in [5, 5.41) is 12.2. The van der Waals surface area contributed by atoms with Crippen LogP contribution in [0.25, 0.3) is 10.8 Å². The first-order valence-electron chi connectivity index (χ1n) is 3.86. The molecule has 1 nitrogen and oxygen atoms in total. The highest BCUT2D eigenvalue weighted by atomic mass is 35.5. The number of benzene rings is 2. The molecule has 0 saturated heterocycles. The lowest BCUT2D eigenvalue weighted by Gasteiger charge is -2.05. The fraction of sp³-hybridized carbons (Fsp3) is 0. The van der Waals surface area contributed by atoms with Gasteiger partial charge in [-0.05, 0) is 24.3 Å². The van der Waals surface area contributed by atoms with E-state index in [1.807, 2.05) is 0 Å². The molecule has 0 fully saturated rings. The minimum Gasteiger partial charge on any atom is -0.506 e. The Morgan fingerprint density at radius 3 is 2.29 bits per heavy atom. The molecular weight excluding hydrogens is 242 g/mol. The van der Waals surface area contributed by atoms with E-state index in [0.29, 0.717) is 20.8 Å². The van der Waals surface area contributed by atoms with Crippen LogP contribution in [0.2, 0.25) is 15.1 Å². The van der Waals surface area contributed by atoms with Gasteiger partial charge in [0.15, 0.2) is 0 Å². The van der Waals surface area contributed by atoms with Gasteiger partial charge in [-0.1, -0.05) is 34.8 Å². The molecule has 0 bridgehead atoms. The Hall–Kier alpha value is -0.630. The van der Waals surface area contributed by atoms with E-state index in [9.17, 15) is 5.11 Å². The molecule has 72 valence electrons. The molecule has 0 aliphatic rings. The van der Waals surface area contributed by atoms with Gasteiger partial charge in [-0.3, -0.25) is 0 Å². The van der Waals surface area contributed by atoms with Crippen LogP contribution in [0.4, 0.5) is 0 Å². The SMILES string of the molecule is Oc1c(Cl)cc(Cl)c2cc(Cl)ccc12. The quantitative estimate of drug-likeness (QED) is 0.726. The largest absolute Gasteiger partial charge is 0.506 e. The number of phenolic OH excluding ortho intramolecular Hbond substituents is 1. The molecule has 0 amide bonds. The average molecular weight is 248 g/mol. The summed E-state index contributed by atoms with van der Waals surface area (Å²) >= 11 is 17.5. The fourth-order valence-electron chi connectivity index (χ4n) is 1.31. The van der Waals surface area contributed by atoms with Gasteiger partial charge in [0, 0.05) is 15.8 Å². The van der Waals surface area contributed by atoms with E-state index in [2.05, 4.69) is 0 Å². The molecule has 4 heteroatoms. The summed E-state index contributed by atoms with van der Waals surface area (Å²) in [6, 6.07) is 6.55. The van der Waals surface area contributed by atoms with Crippen LogP contribution in [0.15, 0.2) is 24.3 Å². The van der Waals surface area contributed by atoms with Crippen molar-refractivity contribution < 1.29 is 5.11 Å².